The number of fused-ring (bicyclic) bond motifs is 2. The van der Waals surface area contributed by atoms with Crippen molar-refractivity contribution in [2.45, 2.75) is 31.6 Å². The van der Waals surface area contributed by atoms with Crippen LogP contribution in [0.1, 0.15) is 18.4 Å². The van der Waals surface area contributed by atoms with Gasteiger partial charge < -0.3 is 15.0 Å². The summed E-state index contributed by atoms with van der Waals surface area (Å²) in [5.74, 6) is 0.900. The summed E-state index contributed by atoms with van der Waals surface area (Å²) in [6.45, 7) is 2.62. The highest BCUT2D eigenvalue weighted by atomic mass is 35.5. The molecule has 2 atom stereocenters. The average molecular weight is 268 g/mol. The van der Waals surface area contributed by atoms with Crippen molar-refractivity contribution in [2.75, 3.05) is 25.0 Å². The molecule has 0 spiro atoms. The van der Waals surface area contributed by atoms with Gasteiger partial charge in [-0.3, -0.25) is 0 Å². The lowest BCUT2D eigenvalue weighted by Crippen LogP contribution is -2.43. The molecule has 0 radical (unpaired) electrons. The average Bonchev–Trinajstić information content (AvgIpc) is 2.69. The van der Waals surface area contributed by atoms with Crippen molar-refractivity contribution in [3.8, 4) is 0 Å². The zero-order valence-electron chi connectivity index (χ0n) is 10.5. The molecule has 2 bridgehead atoms. The summed E-state index contributed by atoms with van der Waals surface area (Å²) in [5, 5.41) is 3.84. The quantitative estimate of drug-likeness (QED) is 0.907. The number of hydrogen-bond acceptors (Lipinski definition) is 4. The van der Waals surface area contributed by atoms with Gasteiger partial charge in [0.2, 0.25) is 0 Å². The molecule has 4 nitrogen and oxygen atoms in total. The van der Waals surface area contributed by atoms with Gasteiger partial charge in [0, 0.05) is 25.8 Å². The molecule has 98 valence electrons. The highest BCUT2D eigenvalue weighted by molar-refractivity contribution is 6.33. The normalized spacial score (nSPS) is 26.7. The number of rotatable bonds is 3. The van der Waals surface area contributed by atoms with Crippen molar-refractivity contribution in [1.29, 1.82) is 0 Å². The number of anilines is 1. The molecule has 1 aromatic heterocycles. The number of hydrogen-bond donors (Lipinski definition) is 1. The number of nitrogens with one attached hydrogen (secondary N) is 1. The molecule has 0 amide bonds. The maximum absolute atomic E-state index is 6.34. The molecule has 18 heavy (non-hydrogen) atoms. The third-order valence-electron chi connectivity index (χ3n) is 3.60. The van der Waals surface area contributed by atoms with Crippen molar-refractivity contribution in [3.05, 3.63) is 22.8 Å². The largest absolute Gasteiger partial charge is 0.371 e. The summed E-state index contributed by atoms with van der Waals surface area (Å²) in [6, 6.07) is 2.00. The van der Waals surface area contributed by atoms with Gasteiger partial charge in [-0.15, -0.1) is 0 Å². The summed E-state index contributed by atoms with van der Waals surface area (Å²) in [6.07, 6.45) is 4.94. The van der Waals surface area contributed by atoms with Crippen molar-refractivity contribution in [1.82, 2.24) is 10.3 Å². The first-order valence-electron chi connectivity index (χ1n) is 6.45. The van der Waals surface area contributed by atoms with E-state index in [0.29, 0.717) is 12.2 Å². The van der Waals surface area contributed by atoms with Crippen LogP contribution in [0.3, 0.4) is 0 Å². The van der Waals surface area contributed by atoms with Gasteiger partial charge in [0.25, 0.3) is 0 Å². The second-order valence-electron chi connectivity index (χ2n) is 5.04. The van der Waals surface area contributed by atoms with Gasteiger partial charge in [0.05, 0.1) is 17.2 Å². The highest BCUT2D eigenvalue weighted by Gasteiger charge is 2.34. The minimum atomic E-state index is 0.360. The van der Waals surface area contributed by atoms with E-state index in [1.165, 1.54) is 0 Å². The predicted molar refractivity (Wildman–Crippen MR) is 72.1 cm³/mol. The predicted octanol–water partition coefficient (Wildman–Crippen LogP) is 1.82. The zero-order chi connectivity index (χ0) is 12.5. The molecule has 2 aliphatic rings. The van der Waals surface area contributed by atoms with E-state index in [-0.39, 0.29) is 0 Å². The first kappa shape index (κ1) is 12.2. The summed E-state index contributed by atoms with van der Waals surface area (Å²) >= 11 is 6.34. The van der Waals surface area contributed by atoms with E-state index < -0.39 is 0 Å². The van der Waals surface area contributed by atoms with E-state index in [9.17, 15) is 0 Å². The highest BCUT2D eigenvalue weighted by Crippen LogP contribution is 2.32. The number of morpholine rings is 1. The van der Waals surface area contributed by atoms with Crippen LogP contribution >= 0.6 is 11.6 Å². The molecule has 1 N–H and O–H groups in total. The Kier molecular flexibility index (Phi) is 3.41. The minimum Gasteiger partial charge on any atom is -0.371 e. The molecule has 2 saturated heterocycles. The number of halogens is 1. The molecule has 2 aliphatic heterocycles. The molecule has 0 aromatic carbocycles. The second kappa shape index (κ2) is 5.03. The van der Waals surface area contributed by atoms with E-state index in [2.05, 4.69) is 15.2 Å². The molecular weight excluding hydrogens is 250 g/mol. The fraction of sp³-hybridized carbons (Fsp3) is 0.615. The Morgan fingerprint density at radius 1 is 1.44 bits per heavy atom. The fourth-order valence-corrected chi connectivity index (χ4v) is 3.10. The van der Waals surface area contributed by atoms with Crippen LogP contribution in [0.5, 0.6) is 0 Å². The Balaban J connectivity index is 1.79. The van der Waals surface area contributed by atoms with Gasteiger partial charge in [-0.2, -0.15) is 0 Å². The first-order valence-corrected chi connectivity index (χ1v) is 6.83. The van der Waals surface area contributed by atoms with E-state index in [0.717, 1.165) is 48.9 Å². The van der Waals surface area contributed by atoms with Gasteiger partial charge in [0.15, 0.2) is 0 Å². The maximum atomic E-state index is 6.34. The number of pyridine rings is 1. The van der Waals surface area contributed by atoms with Gasteiger partial charge in [-0.25, -0.2) is 4.98 Å². The van der Waals surface area contributed by atoms with Crippen molar-refractivity contribution < 1.29 is 4.74 Å². The Bertz CT molecular complexity index is 428. The summed E-state index contributed by atoms with van der Waals surface area (Å²) < 4.78 is 5.83. The summed E-state index contributed by atoms with van der Waals surface area (Å²) in [5.41, 5.74) is 1.11. The Labute approximate surface area is 112 Å². The monoisotopic (exact) mass is 267 g/mol. The molecule has 2 unspecified atom stereocenters. The number of ether oxygens (including phenoxy) is 1. The van der Waals surface area contributed by atoms with E-state index in [1.54, 1.807) is 0 Å². The van der Waals surface area contributed by atoms with Gasteiger partial charge in [-0.1, -0.05) is 11.6 Å². The lowest BCUT2D eigenvalue weighted by atomic mass is 10.2. The SMILES string of the molecule is CNCc1cnc(N2CC3CCC(C2)O3)c(Cl)c1. The zero-order valence-corrected chi connectivity index (χ0v) is 11.3. The molecule has 5 heteroatoms. The molecule has 0 saturated carbocycles. The number of aromatic nitrogens is 1. The minimum absolute atomic E-state index is 0.360. The Hall–Kier alpha value is -0.840. The third kappa shape index (κ3) is 2.32. The topological polar surface area (TPSA) is 37.4 Å². The van der Waals surface area contributed by atoms with Crippen LogP contribution in [0.15, 0.2) is 12.3 Å². The standard InChI is InChI=1S/C13H18ClN3O/c1-15-5-9-4-12(14)13(16-6-9)17-7-10-2-3-11(8-17)18-10/h4,6,10-11,15H,2-3,5,7-8H2,1H3. The summed E-state index contributed by atoms with van der Waals surface area (Å²) in [7, 11) is 1.92. The van der Waals surface area contributed by atoms with E-state index in [1.807, 2.05) is 19.3 Å². The van der Waals surface area contributed by atoms with Gasteiger partial charge in [0.1, 0.15) is 5.82 Å². The van der Waals surface area contributed by atoms with Crippen LogP contribution in [0.2, 0.25) is 5.02 Å². The first-order chi connectivity index (χ1) is 8.76. The van der Waals surface area contributed by atoms with Crippen LogP contribution in [0.4, 0.5) is 5.82 Å². The van der Waals surface area contributed by atoms with Crippen LogP contribution in [0.25, 0.3) is 0 Å². The molecule has 3 heterocycles. The van der Waals surface area contributed by atoms with Crippen LogP contribution in [0, 0.1) is 0 Å². The lowest BCUT2D eigenvalue weighted by Gasteiger charge is -2.33. The Morgan fingerprint density at radius 2 is 2.17 bits per heavy atom. The third-order valence-corrected chi connectivity index (χ3v) is 3.88. The smallest absolute Gasteiger partial charge is 0.147 e. The van der Waals surface area contributed by atoms with Gasteiger partial charge >= 0.3 is 0 Å². The Morgan fingerprint density at radius 3 is 2.78 bits per heavy atom. The van der Waals surface area contributed by atoms with E-state index in [4.69, 9.17) is 16.3 Å². The van der Waals surface area contributed by atoms with Gasteiger partial charge in [-0.05, 0) is 31.5 Å². The molecular formula is C13H18ClN3O. The van der Waals surface area contributed by atoms with Crippen molar-refractivity contribution in [3.63, 3.8) is 0 Å². The molecule has 2 fully saturated rings. The molecule has 3 rings (SSSR count). The van der Waals surface area contributed by atoms with Crippen LogP contribution in [-0.2, 0) is 11.3 Å². The molecule has 0 aliphatic carbocycles. The van der Waals surface area contributed by atoms with Crippen LogP contribution < -0.4 is 10.2 Å². The van der Waals surface area contributed by atoms with Crippen molar-refractivity contribution in [2.24, 2.45) is 0 Å². The maximum Gasteiger partial charge on any atom is 0.147 e. The lowest BCUT2D eigenvalue weighted by molar-refractivity contribution is 0.0302. The number of nitrogens with zero attached hydrogens (tertiary/aromatic N) is 2. The second-order valence-corrected chi connectivity index (χ2v) is 5.45. The van der Waals surface area contributed by atoms with E-state index >= 15 is 0 Å². The van der Waals surface area contributed by atoms with Crippen molar-refractivity contribution >= 4 is 17.4 Å². The summed E-state index contributed by atoms with van der Waals surface area (Å²) in [4.78, 5) is 6.78. The molecule has 1 aromatic rings. The fourth-order valence-electron chi connectivity index (χ4n) is 2.79. The van der Waals surface area contributed by atoms with Crippen LogP contribution in [-0.4, -0.2) is 37.3 Å².